The lowest BCUT2D eigenvalue weighted by molar-refractivity contribution is -0.121. The predicted molar refractivity (Wildman–Crippen MR) is 88.7 cm³/mol. The monoisotopic (exact) mass is 337 g/mol. The van der Waals surface area contributed by atoms with Crippen LogP contribution in [0.4, 0.5) is 0 Å². The third kappa shape index (κ3) is 4.68. The predicted octanol–water partition coefficient (Wildman–Crippen LogP) is 2.96. The minimum absolute atomic E-state index is 0.00640. The molecule has 0 aliphatic heterocycles. The van der Waals surface area contributed by atoms with E-state index in [0.717, 1.165) is 12.0 Å². The number of carbonyl (C=O) groups is 1. The van der Waals surface area contributed by atoms with Gasteiger partial charge in [-0.25, -0.2) is 8.42 Å². The number of aryl methyl sites for hydroxylation is 1. The highest BCUT2D eigenvalue weighted by Crippen LogP contribution is 2.17. The van der Waals surface area contributed by atoms with Crippen LogP contribution in [0.15, 0.2) is 46.7 Å². The number of nitrogens with one attached hydrogen (secondary N) is 1. The molecule has 22 heavy (non-hydrogen) atoms. The van der Waals surface area contributed by atoms with Crippen molar-refractivity contribution in [1.29, 1.82) is 0 Å². The highest BCUT2D eigenvalue weighted by atomic mass is 32.2. The average molecular weight is 337 g/mol. The molecule has 1 aromatic carbocycles. The first-order valence-electron chi connectivity index (χ1n) is 6.98. The van der Waals surface area contributed by atoms with E-state index < -0.39 is 9.84 Å². The summed E-state index contributed by atoms with van der Waals surface area (Å²) in [7, 11) is -3.19. The summed E-state index contributed by atoms with van der Waals surface area (Å²) >= 11 is 1.65. The number of benzene rings is 1. The number of amides is 1. The van der Waals surface area contributed by atoms with Crippen LogP contribution in [0.1, 0.15) is 29.8 Å². The van der Waals surface area contributed by atoms with Crippen molar-refractivity contribution >= 4 is 27.1 Å². The zero-order valence-electron chi connectivity index (χ0n) is 12.6. The highest BCUT2D eigenvalue weighted by molar-refractivity contribution is 7.90. The molecule has 1 heterocycles. The molecule has 0 spiro atoms. The van der Waals surface area contributed by atoms with Crippen molar-refractivity contribution in [2.75, 3.05) is 6.26 Å². The molecule has 2 aromatic rings. The van der Waals surface area contributed by atoms with Crippen molar-refractivity contribution in [3.63, 3.8) is 0 Å². The van der Waals surface area contributed by atoms with Crippen molar-refractivity contribution in [1.82, 2.24) is 5.32 Å². The van der Waals surface area contributed by atoms with E-state index in [9.17, 15) is 13.2 Å². The normalized spacial score (nSPS) is 12.8. The van der Waals surface area contributed by atoms with E-state index in [0.29, 0.717) is 6.42 Å². The van der Waals surface area contributed by atoms with Crippen molar-refractivity contribution in [2.45, 2.75) is 30.7 Å². The lowest BCUT2D eigenvalue weighted by atomic mass is 10.1. The molecule has 0 aliphatic carbocycles. The fourth-order valence-corrected chi connectivity index (χ4v) is 3.43. The van der Waals surface area contributed by atoms with Crippen LogP contribution >= 0.6 is 11.3 Å². The van der Waals surface area contributed by atoms with Crippen LogP contribution in [-0.4, -0.2) is 20.6 Å². The first-order chi connectivity index (χ1) is 10.4. The summed E-state index contributed by atoms with van der Waals surface area (Å²) in [6.07, 6.45) is 2.37. The van der Waals surface area contributed by atoms with Gasteiger partial charge in [-0.2, -0.15) is 0 Å². The molecule has 6 heteroatoms. The van der Waals surface area contributed by atoms with Gasteiger partial charge in [-0.05, 0) is 42.5 Å². The molecule has 0 radical (unpaired) electrons. The third-order valence-electron chi connectivity index (χ3n) is 3.36. The minimum atomic E-state index is -3.19. The van der Waals surface area contributed by atoms with Crippen molar-refractivity contribution < 1.29 is 13.2 Å². The molecule has 0 unspecified atom stereocenters. The van der Waals surface area contributed by atoms with E-state index in [1.54, 1.807) is 35.6 Å². The summed E-state index contributed by atoms with van der Waals surface area (Å²) < 4.78 is 22.8. The van der Waals surface area contributed by atoms with Gasteiger partial charge in [0, 0.05) is 17.6 Å². The first-order valence-corrected chi connectivity index (χ1v) is 9.75. The van der Waals surface area contributed by atoms with Crippen LogP contribution in [0.2, 0.25) is 0 Å². The molecule has 1 amide bonds. The quantitative estimate of drug-likeness (QED) is 0.881. The average Bonchev–Trinajstić information content (AvgIpc) is 2.97. The van der Waals surface area contributed by atoms with Crippen LogP contribution < -0.4 is 5.32 Å². The zero-order chi connectivity index (χ0) is 16.2. The molecule has 0 saturated heterocycles. The molecule has 0 saturated carbocycles. The Morgan fingerprint density at radius 2 is 1.91 bits per heavy atom. The molecule has 1 N–H and O–H groups in total. The van der Waals surface area contributed by atoms with Crippen molar-refractivity contribution in [2.24, 2.45) is 0 Å². The third-order valence-corrected chi connectivity index (χ3v) is 5.43. The molecule has 1 aromatic heterocycles. The van der Waals surface area contributed by atoms with Gasteiger partial charge >= 0.3 is 0 Å². The smallest absolute Gasteiger partial charge is 0.220 e. The Morgan fingerprint density at radius 3 is 2.45 bits per heavy atom. The molecule has 4 nitrogen and oxygen atoms in total. The zero-order valence-corrected chi connectivity index (χ0v) is 14.2. The first kappa shape index (κ1) is 16.7. The fourth-order valence-electron chi connectivity index (χ4n) is 2.09. The maximum atomic E-state index is 11.9. The van der Waals surface area contributed by atoms with Gasteiger partial charge in [0.15, 0.2) is 9.84 Å². The van der Waals surface area contributed by atoms with Crippen LogP contribution in [-0.2, 0) is 21.1 Å². The second-order valence-electron chi connectivity index (χ2n) is 5.21. The number of sulfone groups is 1. The van der Waals surface area contributed by atoms with E-state index in [4.69, 9.17) is 0 Å². The molecule has 2 rings (SSSR count). The largest absolute Gasteiger partial charge is 0.350 e. The van der Waals surface area contributed by atoms with Crippen LogP contribution in [0.3, 0.4) is 0 Å². The van der Waals surface area contributed by atoms with Gasteiger partial charge in [-0.15, -0.1) is 11.3 Å². The summed E-state index contributed by atoms with van der Waals surface area (Å²) in [4.78, 5) is 13.4. The Hall–Kier alpha value is -1.66. The fraction of sp³-hybridized carbons (Fsp3) is 0.312. The van der Waals surface area contributed by atoms with Gasteiger partial charge in [0.1, 0.15) is 0 Å². The Labute approximate surface area is 135 Å². The van der Waals surface area contributed by atoms with Gasteiger partial charge in [-0.1, -0.05) is 18.2 Å². The van der Waals surface area contributed by atoms with Gasteiger partial charge in [0.05, 0.1) is 10.9 Å². The highest BCUT2D eigenvalue weighted by Gasteiger charge is 2.12. The van der Waals surface area contributed by atoms with Crippen LogP contribution in [0, 0.1) is 0 Å². The van der Waals surface area contributed by atoms with Crippen molar-refractivity contribution in [3.8, 4) is 0 Å². The molecule has 0 aliphatic rings. The van der Waals surface area contributed by atoms with Gasteiger partial charge in [-0.3, -0.25) is 4.79 Å². The Morgan fingerprint density at radius 1 is 1.23 bits per heavy atom. The second kappa shape index (κ2) is 7.07. The van der Waals surface area contributed by atoms with Gasteiger partial charge in [0.25, 0.3) is 0 Å². The van der Waals surface area contributed by atoms with Crippen molar-refractivity contribution in [3.05, 3.63) is 52.2 Å². The second-order valence-corrected chi connectivity index (χ2v) is 8.26. The number of hydrogen-bond acceptors (Lipinski definition) is 4. The topological polar surface area (TPSA) is 63.2 Å². The van der Waals surface area contributed by atoms with Gasteiger partial charge in [0.2, 0.25) is 5.91 Å². The molecular weight excluding hydrogens is 318 g/mol. The molecule has 1 atom stereocenters. The number of rotatable bonds is 6. The summed E-state index contributed by atoms with van der Waals surface area (Å²) in [6, 6.07) is 10.5. The minimum Gasteiger partial charge on any atom is -0.350 e. The summed E-state index contributed by atoms with van der Waals surface area (Å²) in [5.41, 5.74) is 0.886. The number of carbonyl (C=O) groups excluding carboxylic acids is 1. The van der Waals surface area contributed by atoms with E-state index in [-0.39, 0.29) is 16.8 Å². The molecule has 118 valence electrons. The molecule has 0 fully saturated rings. The number of hydrogen-bond donors (Lipinski definition) is 1. The van der Waals surface area contributed by atoms with Crippen LogP contribution in [0.5, 0.6) is 0 Å². The molecule has 0 bridgehead atoms. The van der Waals surface area contributed by atoms with E-state index in [1.165, 1.54) is 11.1 Å². The Balaban J connectivity index is 1.91. The summed E-state index contributed by atoms with van der Waals surface area (Å²) in [5.74, 6) is -0.00640. The summed E-state index contributed by atoms with van der Waals surface area (Å²) in [5, 5.41) is 4.93. The van der Waals surface area contributed by atoms with E-state index in [1.807, 2.05) is 24.4 Å². The maximum absolute atomic E-state index is 11.9. The molecular formula is C16H19NO3S2. The Kier molecular flexibility index (Phi) is 5.37. The standard InChI is InChI=1S/C16H19NO3S2/c1-12(13-5-8-15(9-6-13)22(2,19)20)17-16(18)10-7-14-4-3-11-21-14/h3-6,8-9,11-12H,7,10H2,1-2H3,(H,17,18)/t12-/m0/s1. The van der Waals surface area contributed by atoms with E-state index in [2.05, 4.69) is 5.32 Å². The lowest BCUT2D eigenvalue weighted by Crippen LogP contribution is -2.26. The van der Waals surface area contributed by atoms with E-state index >= 15 is 0 Å². The maximum Gasteiger partial charge on any atom is 0.220 e. The summed E-state index contributed by atoms with van der Waals surface area (Å²) in [6.45, 7) is 1.89. The number of thiophene rings is 1. The lowest BCUT2D eigenvalue weighted by Gasteiger charge is -2.14. The SMILES string of the molecule is C[C@H](NC(=O)CCc1cccs1)c1ccc(S(C)(=O)=O)cc1. The van der Waals surface area contributed by atoms with Crippen LogP contribution in [0.25, 0.3) is 0 Å². The van der Waals surface area contributed by atoms with Gasteiger partial charge < -0.3 is 5.32 Å². The Bertz CT molecular complexity index is 719.